The monoisotopic (exact) mass is 330 g/mol. The lowest BCUT2D eigenvalue weighted by atomic mass is 10.2. The van der Waals surface area contributed by atoms with E-state index in [1.165, 1.54) is 12.4 Å². The van der Waals surface area contributed by atoms with Gasteiger partial charge in [-0.25, -0.2) is 9.97 Å². The van der Waals surface area contributed by atoms with Gasteiger partial charge in [0.05, 0.1) is 32.3 Å². The zero-order valence-electron chi connectivity index (χ0n) is 14.3. The van der Waals surface area contributed by atoms with Crippen LogP contribution < -0.4 is 20.1 Å². The summed E-state index contributed by atoms with van der Waals surface area (Å²) in [4.78, 5) is 20.4. The second kappa shape index (κ2) is 8.14. The van der Waals surface area contributed by atoms with Crippen molar-refractivity contribution in [1.82, 2.24) is 15.3 Å². The third kappa shape index (κ3) is 4.34. The molecule has 1 unspecified atom stereocenters. The lowest BCUT2D eigenvalue weighted by molar-refractivity contribution is 0.0934. The van der Waals surface area contributed by atoms with Gasteiger partial charge in [0.1, 0.15) is 23.0 Å². The molecule has 7 heteroatoms. The topological polar surface area (TPSA) is 85.4 Å². The van der Waals surface area contributed by atoms with Crippen molar-refractivity contribution >= 4 is 17.4 Å². The number of nitrogens with zero attached hydrogens (tertiary/aromatic N) is 2. The van der Waals surface area contributed by atoms with Crippen LogP contribution >= 0.6 is 0 Å². The van der Waals surface area contributed by atoms with Gasteiger partial charge in [0.25, 0.3) is 5.91 Å². The fraction of sp³-hybridized carbons (Fsp3) is 0.353. The van der Waals surface area contributed by atoms with Gasteiger partial charge in [-0.1, -0.05) is 6.92 Å². The van der Waals surface area contributed by atoms with Gasteiger partial charge in [0.15, 0.2) is 0 Å². The molecular formula is C17H22N4O3. The Morgan fingerprint density at radius 3 is 2.58 bits per heavy atom. The van der Waals surface area contributed by atoms with E-state index in [0.29, 0.717) is 17.3 Å². The minimum absolute atomic E-state index is 0.0978. The number of amides is 1. The SMILES string of the molecule is CCC(C)NC(=O)c1cnc(Nc2ccc(OC)cc2OC)cn1. The Morgan fingerprint density at radius 1 is 1.21 bits per heavy atom. The molecule has 1 aromatic heterocycles. The largest absolute Gasteiger partial charge is 0.497 e. The first kappa shape index (κ1) is 17.5. The van der Waals surface area contributed by atoms with Crippen LogP contribution in [0.2, 0.25) is 0 Å². The fourth-order valence-corrected chi connectivity index (χ4v) is 1.95. The van der Waals surface area contributed by atoms with E-state index in [4.69, 9.17) is 9.47 Å². The van der Waals surface area contributed by atoms with Gasteiger partial charge in [-0.05, 0) is 25.5 Å². The summed E-state index contributed by atoms with van der Waals surface area (Å²) in [5.74, 6) is 1.60. The fourth-order valence-electron chi connectivity index (χ4n) is 1.95. The van der Waals surface area contributed by atoms with E-state index in [2.05, 4.69) is 20.6 Å². The second-order valence-corrected chi connectivity index (χ2v) is 5.26. The third-order valence-electron chi connectivity index (χ3n) is 3.55. The summed E-state index contributed by atoms with van der Waals surface area (Å²) in [7, 11) is 3.17. The van der Waals surface area contributed by atoms with Gasteiger partial charge in [-0.15, -0.1) is 0 Å². The van der Waals surface area contributed by atoms with E-state index in [1.807, 2.05) is 26.0 Å². The van der Waals surface area contributed by atoms with Gasteiger partial charge >= 0.3 is 0 Å². The first-order valence-corrected chi connectivity index (χ1v) is 7.69. The minimum Gasteiger partial charge on any atom is -0.497 e. The number of ether oxygens (including phenoxy) is 2. The molecule has 0 aliphatic heterocycles. The predicted octanol–water partition coefficient (Wildman–Crippen LogP) is 2.77. The Balaban J connectivity index is 2.10. The molecule has 1 aromatic carbocycles. The number of rotatable bonds is 7. The first-order valence-electron chi connectivity index (χ1n) is 7.69. The number of aromatic nitrogens is 2. The molecule has 0 spiro atoms. The van der Waals surface area contributed by atoms with Crippen LogP contribution in [0.4, 0.5) is 11.5 Å². The van der Waals surface area contributed by atoms with E-state index < -0.39 is 0 Å². The van der Waals surface area contributed by atoms with Gasteiger partial charge in [0, 0.05) is 12.1 Å². The summed E-state index contributed by atoms with van der Waals surface area (Å²) >= 11 is 0. The molecule has 2 rings (SSSR count). The molecule has 0 bridgehead atoms. The highest BCUT2D eigenvalue weighted by Gasteiger charge is 2.11. The zero-order valence-corrected chi connectivity index (χ0v) is 14.3. The number of anilines is 2. The Morgan fingerprint density at radius 2 is 2.00 bits per heavy atom. The first-order chi connectivity index (χ1) is 11.6. The number of hydrogen-bond acceptors (Lipinski definition) is 6. The van der Waals surface area contributed by atoms with Crippen LogP contribution in [0.25, 0.3) is 0 Å². The van der Waals surface area contributed by atoms with Gasteiger partial charge < -0.3 is 20.1 Å². The minimum atomic E-state index is -0.231. The van der Waals surface area contributed by atoms with Crippen LogP contribution in [0.5, 0.6) is 11.5 Å². The Labute approximate surface area is 141 Å². The quantitative estimate of drug-likeness (QED) is 0.812. The molecule has 0 aliphatic carbocycles. The summed E-state index contributed by atoms with van der Waals surface area (Å²) in [6.45, 7) is 3.95. The smallest absolute Gasteiger partial charge is 0.271 e. The van der Waals surface area contributed by atoms with Crippen LogP contribution in [0.3, 0.4) is 0 Å². The Kier molecular flexibility index (Phi) is 5.95. The molecule has 0 fully saturated rings. The number of carbonyl (C=O) groups is 1. The highest BCUT2D eigenvalue weighted by molar-refractivity contribution is 5.92. The van der Waals surface area contributed by atoms with Gasteiger partial charge in [-0.3, -0.25) is 4.79 Å². The van der Waals surface area contributed by atoms with Crippen molar-refractivity contribution in [3.8, 4) is 11.5 Å². The zero-order chi connectivity index (χ0) is 17.5. The molecule has 2 aromatic rings. The molecule has 0 aliphatic rings. The Bertz CT molecular complexity index is 689. The molecule has 1 heterocycles. The molecular weight excluding hydrogens is 308 g/mol. The van der Waals surface area contributed by atoms with Crippen molar-refractivity contribution in [3.05, 3.63) is 36.3 Å². The summed E-state index contributed by atoms with van der Waals surface area (Å²) in [6.07, 6.45) is 3.81. The van der Waals surface area contributed by atoms with Gasteiger partial charge in [-0.2, -0.15) is 0 Å². The molecule has 128 valence electrons. The highest BCUT2D eigenvalue weighted by Crippen LogP contribution is 2.30. The van der Waals surface area contributed by atoms with E-state index >= 15 is 0 Å². The maximum absolute atomic E-state index is 12.0. The van der Waals surface area contributed by atoms with E-state index in [0.717, 1.165) is 12.1 Å². The molecule has 1 atom stereocenters. The highest BCUT2D eigenvalue weighted by atomic mass is 16.5. The number of carbonyl (C=O) groups excluding carboxylic acids is 1. The van der Waals surface area contributed by atoms with Crippen molar-refractivity contribution < 1.29 is 14.3 Å². The second-order valence-electron chi connectivity index (χ2n) is 5.26. The lowest BCUT2D eigenvalue weighted by Gasteiger charge is -2.12. The van der Waals surface area contributed by atoms with Crippen LogP contribution in [-0.4, -0.2) is 36.1 Å². The van der Waals surface area contributed by atoms with Crippen LogP contribution in [0.1, 0.15) is 30.8 Å². The summed E-state index contributed by atoms with van der Waals surface area (Å²) in [5, 5.41) is 5.96. The van der Waals surface area contributed by atoms with Crippen LogP contribution in [0, 0.1) is 0 Å². The number of methoxy groups -OCH3 is 2. The molecule has 0 saturated carbocycles. The molecule has 0 saturated heterocycles. The average molecular weight is 330 g/mol. The summed E-state index contributed by atoms with van der Waals surface area (Å²) in [5.41, 5.74) is 1.01. The summed E-state index contributed by atoms with van der Waals surface area (Å²) < 4.78 is 10.5. The third-order valence-corrected chi connectivity index (χ3v) is 3.55. The van der Waals surface area contributed by atoms with Crippen molar-refractivity contribution in [2.45, 2.75) is 26.3 Å². The number of benzene rings is 1. The molecule has 2 N–H and O–H groups in total. The molecule has 1 amide bonds. The predicted molar refractivity (Wildman–Crippen MR) is 92.1 cm³/mol. The van der Waals surface area contributed by atoms with Crippen LogP contribution in [-0.2, 0) is 0 Å². The van der Waals surface area contributed by atoms with Gasteiger partial charge in [0.2, 0.25) is 0 Å². The maximum atomic E-state index is 12.0. The average Bonchev–Trinajstić information content (AvgIpc) is 2.62. The lowest BCUT2D eigenvalue weighted by Crippen LogP contribution is -2.32. The Hall–Kier alpha value is -2.83. The van der Waals surface area contributed by atoms with E-state index in [1.54, 1.807) is 20.3 Å². The molecule has 0 radical (unpaired) electrons. The summed E-state index contributed by atoms with van der Waals surface area (Å²) in [6, 6.07) is 5.50. The van der Waals surface area contributed by atoms with E-state index in [9.17, 15) is 4.79 Å². The molecule has 24 heavy (non-hydrogen) atoms. The van der Waals surface area contributed by atoms with Crippen molar-refractivity contribution in [1.29, 1.82) is 0 Å². The standard InChI is InChI=1S/C17H22N4O3/c1-5-11(2)20-17(22)14-9-19-16(10-18-14)21-13-7-6-12(23-3)8-15(13)24-4/h6-11H,5H2,1-4H3,(H,19,21)(H,20,22). The van der Waals surface area contributed by atoms with E-state index in [-0.39, 0.29) is 17.6 Å². The van der Waals surface area contributed by atoms with Crippen LogP contribution in [0.15, 0.2) is 30.6 Å². The van der Waals surface area contributed by atoms with Crippen molar-refractivity contribution in [2.24, 2.45) is 0 Å². The molecule has 7 nitrogen and oxygen atoms in total. The number of nitrogens with one attached hydrogen (secondary N) is 2. The van der Waals surface area contributed by atoms with Crippen molar-refractivity contribution in [3.63, 3.8) is 0 Å². The maximum Gasteiger partial charge on any atom is 0.271 e. The normalized spacial score (nSPS) is 11.5. The van der Waals surface area contributed by atoms with Crippen molar-refractivity contribution in [2.75, 3.05) is 19.5 Å². The number of hydrogen-bond donors (Lipinski definition) is 2.